The first-order chi connectivity index (χ1) is 9.47. The fourth-order valence-electron chi connectivity index (χ4n) is 1.73. The van der Waals surface area contributed by atoms with E-state index in [9.17, 15) is 9.18 Å². The molecule has 0 aliphatic rings. The molecule has 0 heterocycles. The quantitative estimate of drug-likeness (QED) is 0.900. The summed E-state index contributed by atoms with van der Waals surface area (Å²) in [6.07, 6.45) is 0. The Kier molecular flexibility index (Phi) is 4.52. The van der Waals surface area contributed by atoms with Gasteiger partial charge in [-0.25, -0.2) is 4.39 Å². The first kappa shape index (κ1) is 14.7. The summed E-state index contributed by atoms with van der Waals surface area (Å²) >= 11 is 3.23. The van der Waals surface area contributed by atoms with Crippen LogP contribution in [0.2, 0.25) is 0 Å². The minimum atomic E-state index is -0.839. The van der Waals surface area contributed by atoms with Crippen LogP contribution < -0.4 is 11.1 Å². The summed E-state index contributed by atoms with van der Waals surface area (Å²) in [5.41, 5.74) is 7.75. The number of aryl methyl sites for hydroxylation is 1. The average Bonchev–Trinajstić information content (AvgIpc) is 2.43. The van der Waals surface area contributed by atoms with Crippen LogP contribution in [0.4, 0.5) is 10.1 Å². The van der Waals surface area contributed by atoms with Crippen LogP contribution in [0.25, 0.3) is 0 Å². The molecule has 3 N–H and O–H groups in total. The van der Waals surface area contributed by atoms with Gasteiger partial charge in [0.15, 0.2) is 0 Å². The van der Waals surface area contributed by atoms with Crippen LogP contribution in [-0.2, 0) is 4.79 Å². The van der Waals surface area contributed by atoms with Gasteiger partial charge in [-0.2, -0.15) is 0 Å². The fraction of sp³-hybridized carbons (Fsp3) is 0.133. The number of hydrogen-bond acceptors (Lipinski definition) is 2. The van der Waals surface area contributed by atoms with E-state index in [4.69, 9.17) is 5.73 Å². The minimum Gasteiger partial charge on any atom is -0.322 e. The molecule has 0 bridgehead atoms. The Labute approximate surface area is 125 Å². The van der Waals surface area contributed by atoms with Gasteiger partial charge in [0.25, 0.3) is 0 Å². The third-order valence-electron chi connectivity index (χ3n) is 2.91. The molecule has 1 amide bonds. The van der Waals surface area contributed by atoms with E-state index < -0.39 is 17.8 Å². The number of nitrogens with one attached hydrogen (secondary N) is 1. The van der Waals surface area contributed by atoms with Crippen LogP contribution in [-0.4, -0.2) is 5.91 Å². The number of amides is 1. The standard InChI is InChI=1S/C15H14BrFN2O/c1-9-2-4-10(5-3-9)14(18)15(20)19-13-8-11(16)6-7-12(13)17/h2-8,14H,18H2,1H3,(H,19,20). The molecule has 2 aromatic rings. The second-order valence-corrected chi connectivity index (χ2v) is 5.42. The smallest absolute Gasteiger partial charge is 0.245 e. The fourth-order valence-corrected chi connectivity index (χ4v) is 2.09. The van der Waals surface area contributed by atoms with Crippen LogP contribution in [0.1, 0.15) is 17.2 Å². The van der Waals surface area contributed by atoms with Gasteiger partial charge >= 0.3 is 0 Å². The molecule has 1 atom stereocenters. The van der Waals surface area contributed by atoms with E-state index in [1.54, 1.807) is 18.2 Å². The Hall–Kier alpha value is -1.72. The van der Waals surface area contributed by atoms with Gasteiger partial charge in [-0.3, -0.25) is 4.79 Å². The summed E-state index contributed by atoms with van der Waals surface area (Å²) in [7, 11) is 0. The highest BCUT2D eigenvalue weighted by atomic mass is 79.9. The molecule has 2 aromatic carbocycles. The second kappa shape index (κ2) is 6.15. The Balaban J connectivity index is 2.15. The molecule has 0 radical (unpaired) electrons. The number of carbonyl (C=O) groups is 1. The zero-order chi connectivity index (χ0) is 14.7. The first-order valence-corrected chi connectivity index (χ1v) is 6.85. The predicted octanol–water partition coefficient (Wildman–Crippen LogP) is 3.54. The maximum absolute atomic E-state index is 13.6. The Bertz CT molecular complexity index is 628. The van der Waals surface area contributed by atoms with Gasteiger partial charge in [0, 0.05) is 4.47 Å². The molecular weight excluding hydrogens is 323 g/mol. The van der Waals surface area contributed by atoms with Crippen LogP contribution in [0.5, 0.6) is 0 Å². The van der Waals surface area contributed by atoms with Crippen molar-refractivity contribution in [2.45, 2.75) is 13.0 Å². The summed E-state index contributed by atoms with van der Waals surface area (Å²) in [4.78, 5) is 12.0. The number of halogens is 2. The number of benzene rings is 2. The van der Waals surface area contributed by atoms with Crippen molar-refractivity contribution >= 4 is 27.5 Å². The molecule has 1 unspecified atom stereocenters. The molecular formula is C15H14BrFN2O. The number of rotatable bonds is 3. The van der Waals surface area contributed by atoms with Crippen molar-refractivity contribution in [2.24, 2.45) is 5.73 Å². The highest BCUT2D eigenvalue weighted by molar-refractivity contribution is 9.10. The maximum atomic E-state index is 13.6. The van der Waals surface area contributed by atoms with Gasteiger partial charge in [-0.05, 0) is 30.7 Å². The topological polar surface area (TPSA) is 55.1 Å². The van der Waals surface area contributed by atoms with Crippen molar-refractivity contribution in [2.75, 3.05) is 5.32 Å². The summed E-state index contributed by atoms with van der Waals surface area (Å²) in [6.45, 7) is 1.95. The van der Waals surface area contributed by atoms with Crippen molar-refractivity contribution in [3.05, 3.63) is 63.9 Å². The lowest BCUT2D eigenvalue weighted by atomic mass is 10.1. The molecule has 0 fully saturated rings. The minimum absolute atomic E-state index is 0.104. The lowest BCUT2D eigenvalue weighted by Gasteiger charge is -2.13. The molecule has 0 saturated heterocycles. The van der Waals surface area contributed by atoms with Gasteiger partial charge < -0.3 is 11.1 Å². The second-order valence-electron chi connectivity index (χ2n) is 4.50. The summed E-state index contributed by atoms with van der Waals surface area (Å²) < 4.78 is 14.3. The van der Waals surface area contributed by atoms with Gasteiger partial charge in [0.05, 0.1) is 5.69 Å². The highest BCUT2D eigenvalue weighted by Crippen LogP contribution is 2.21. The Morgan fingerprint density at radius 2 is 1.90 bits per heavy atom. The number of hydrogen-bond donors (Lipinski definition) is 2. The lowest BCUT2D eigenvalue weighted by molar-refractivity contribution is -0.117. The van der Waals surface area contributed by atoms with Crippen LogP contribution in [0, 0.1) is 12.7 Å². The molecule has 3 nitrogen and oxygen atoms in total. The van der Waals surface area contributed by atoms with Crippen molar-refractivity contribution < 1.29 is 9.18 Å². The van der Waals surface area contributed by atoms with Crippen LogP contribution in [0.3, 0.4) is 0 Å². The molecule has 20 heavy (non-hydrogen) atoms. The molecule has 0 spiro atoms. The molecule has 0 aliphatic heterocycles. The monoisotopic (exact) mass is 336 g/mol. The third-order valence-corrected chi connectivity index (χ3v) is 3.40. The normalized spacial score (nSPS) is 12.0. The summed E-state index contributed by atoms with van der Waals surface area (Å²) in [5.74, 6) is -0.955. The van der Waals surface area contributed by atoms with Crippen LogP contribution in [0.15, 0.2) is 46.9 Å². The van der Waals surface area contributed by atoms with Crippen molar-refractivity contribution in [3.63, 3.8) is 0 Å². The molecule has 104 valence electrons. The van der Waals surface area contributed by atoms with Crippen LogP contribution >= 0.6 is 15.9 Å². The van der Waals surface area contributed by atoms with E-state index in [0.29, 0.717) is 10.0 Å². The third kappa shape index (κ3) is 3.43. The van der Waals surface area contributed by atoms with Gasteiger partial charge in [-0.1, -0.05) is 45.8 Å². The average molecular weight is 337 g/mol. The first-order valence-electron chi connectivity index (χ1n) is 6.05. The van der Waals surface area contributed by atoms with E-state index in [-0.39, 0.29) is 5.69 Å². The maximum Gasteiger partial charge on any atom is 0.245 e. The number of nitrogens with two attached hydrogens (primary N) is 1. The largest absolute Gasteiger partial charge is 0.322 e. The zero-order valence-corrected chi connectivity index (χ0v) is 12.4. The highest BCUT2D eigenvalue weighted by Gasteiger charge is 2.17. The Morgan fingerprint density at radius 3 is 2.55 bits per heavy atom. The summed E-state index contributed by atoms with van der Waals surface area (Å²) in [5, 5.41) is 2.49. The van der Waals surface area contributed by atoms with Gasteiger partial charge in [0.2, 0.25) is 5.91 Å². The van der Waals surface area contributed by atoms with Gasteiger partial charge in [-0.15, -0.1) is 0 Å². The number of anilines is 1. The van der Waals surface area contributed by atoms with Crippen molar-refractivity contribution in [1.82, 2.24) is 0 Å². The molecule has 2 rings (SSSR count). The van der Waals surface area contributed by atoms with E-state index in [2.05, 4.69) is 21.2 Å². The predicted molar refractivity (Wildman–Crippen MR) is 80.8 cm³/mol. The van der Waals surface area contributed by atoms with E-state index in [1.165, 1.54) is 12.1 Å². The van der Waals surface area contributed by atoms with Gasteiger partial charge in [0.1, 0.15) is 11.9 Å². The van der Waals surface area contributed by atoms with E-state index in [0.717, 1.165) is 5.56 Å². The molecule has 0 aliphatic carbocycles. The van der Waals surface area contributed by atoms with E-state index in [1.807, 2.05) is 19.1 Å². The molecule has 5 heteroatoms. The van der Waals surface area contributed by atoms with Crippen molar-refractivity contribution in [1.29, 1.82) is 0 Å². The zero-order valence-electron chi connectivity index (χ0n) is 10.9. The number of carbonyl (C=O) groups excluding carboxylic acids is 1. The lowest BCUT2D eigenvalue weighted by Crippen LogP contribution is -2.28. The Morgan fingerprint density at radius 1 is 1.25 bits per heavy atom. The summed E-state index contributed by atoms with van der Waals surface area (Å²) in [6, 6.07) is 10.8. The van der Waals surface area contributed by atoms with E-state index >= 15 is 0 Å². The van der Waals surface area contributed by atoms with Crippen molar-refractivity contribution in [3.8, 4) is 0 Å². The molecule has 0 saturated carbocycles. The molecule has 0 aromatic heterocycles. The SMILES string of the molecule is Cc1ccc(C(N)C(=O)Nc2cc(Br)ccc2F)cc1.